The maximum Gasteiger partial charge on any atom is 0.271 e. The summed E-state index contributed by atoms with van der Waals surface area (Å²) in [6.45, 7) is 0.0931. The van der Waals surface area contributed by atoms with Gasteiger partial charge >= 0.3 is 0 Å². The van der Waals surface area contributed by atoms with E-state index >= 15 is 0 Å². The molecular formula is C21H21F2N5O3S. The number of carbonyl (C=O) groups is 1. The predicted octanol–water partition coefficient (Wildman–Crippen LogP) is 2.07. The molecule has 5 rings (SSSR count). The van der Waals surface area contributed by atoms with Crippen molar-refractivity contribution in [3.8, 4) is 0 Å². The average molecular weight is 461 g/mol. The number of carbonyl (C=O) groups excluding carboxylic acids is 1. The van der Waals surface area contributed by atoms with Gasteiger partial charge in [0, 0.05) is 12.5 Å². The fraction of sp³-hybridized carbons (Fsp3) is 0.381. The van der Waals surface area contributed by atoms with Gasteiger partial charge in [-0.15, -0.1) is 5.10 Å². The first-order valence-corrected chi connectivity index (χ1v) is 12.1. The third-order valence-electron chi connectivity index (χ3n) is 5.93. The molecule has 0 spiro atoms. The van der Waals surface area contributed by atoms with Crippen LogP contribution in [-0.4, -0.2) is 59.2 Å². The second-order valence-corrected chi connectivity index (χ2v) is 10.5. The molecule has 0 radical (unpaired) electrons. The lowest BCUT2D eigenvalue weighted by Gasteiger charge is -2.25. The predicted molar refractivity (Wildman–Crippen MR) is 114 cm³/mol. The molecule has 168 valence electrons. The molecule has 32 heavy (non-hydrogen) atoms. The summed E-state index contributed by atoms with van der Waals surface area (Å²) in [5.74, 6) is -0.475. The lowest BCUT2D eigenvalue weighted by atomic mass is 10.0. The fourth-order valence-corrected chi connectivity index (χ4v) is 6.08. The summed E-state index contributed by atoms with van der Waals surface area (Å²) in [6.07, 6.45) is 0.841. The highest BCUT2D eigenvalue weighted by Crippen LogP contribution is 2.36. The molecule has 1 N–H and O–H groups in total. The molecule has 1 aromatic carbocycles. The van der Waals surface area contributed by atoms with Crippen LogP contribution in [0.2, 0.25) is 0 Å². The number of anilines is 1. The van der Waals surface area contributed by atoms with Crippen molar-refractivity contribution in [2.24, 2.45) is 0 Å². The minimum atomic E-state index is -3.13. The number of nitrogens with zero attached hydrogens (tertiary/aromatic N) is 4. The number of fused-ring (bicyclic) bond motifs is 1. The summed E-state index contributed by atoms with van der Waals surface area (Å²) in [6, 6.07) is 8.59. The Morgan fingerprint density at radius 1 is 1.22 bits per heavy atom. The lowest BCUT2D eigenvalue weighted by Crippen LogP contribution is -2.36. The minimum absolute atomic E-state index is 0.0499. The number of rotatable bonds is 4. The van der Waals surface area contributed by atoms with Crippen molar-refractivity contribution < 1.29 is 22.0 Å². The molecule has 8 nitrogen and oxygen atoms in total. The minimum Gasteiger partial charge on any atom is -0.347 e. The Hall–Kier alpha value is -3.08. The second-order valence-electron chi connectivity index (χ2n) is 8.23. The van der Waals surface area contributed by atoms with E-state index in [1.807, 2.05) is 0 Å². The van der Waals surface area contributed by atoms with Crippen LogP contribution in [0.5, 0.6) is 0 Å². The highest BCUT2D eigenvalue weighted by molar-refractivity contribution is 7.91. The van der Waals surface area contributed by atoms with Gasteiger partial charge in [0.25, 0.3) is 5.91 Å². The zero-order chi connectivity index (χ0) is 22.5. The van der Waals surface area contributed by atoms with Crippen LogP contribution in [-0.2, 0) is 9.84 Å². The Labute approximate surface area is 183 Å². The number of imidazole rings is 1. The van der Waals surface area contributed by atoms with Crippen molar-refractivity contribution in [1.82, 2.24) is 19.9 Å². The van der Waals surface area contributed by atoms with Gasteiger partial charge in [-0.2, -0.15) is 0 Å². The van der Waals surface area contributed by atoms with E-state index in [9.17, 15) is 22.0 Å². The van der Waals surface area contributed by atoms with E-state index in [4.69, 9.17) is 0 Å². The first kappa shape index (κ1) is 20.8. The molecule has 11 heteroatoms. The van der Waals surface area contributed by atoms with Crippen molar-refractivity contribution in [1.29, 1.82) is 0 Å². The van der Waals surface area contributed by atoms with Crippen LogP contribution in [0.3, 0.4) is 0 Å². The number of hydrogen-bond donors (Lipinski definition) is 1. The summed E-state index contributed by atoms with van der Waals surface area (Å²) in [7, 11) is -3.13. The summed E-state index contributed by atoms with van der Waals surface area (Å²) < 4.78 is 52.8. The van der Waals surface area contributed by atoms with E-state index in [0.29, 0.717) is 23.4 Å². The van der Waals surface area contributed by atoms with Gasteiger partial charge < -0.3 is 10.2 Å². The average Bonchev–Trinajstić information content (AvgIpc) is 3.43. The highest BCUT2D eigenvalue weighted by atomic mass is 32.2. The quantitative estimate of drug-likeness (QED) is 0.639. The zero-order valence-electron chi connectivity index (χ0n) is 17.0. The van der Waals surface area contributed by atoms with Crippen LogP contribution in [0.1, 0.15) is 34.9 Å². The topological polar surface area (TPSA) is 96.7 Å². The van der Waals surface area contributed by atoms with Gasteiger partial charge in [-0.1, -0.05) is 12.1 Å². The monoisotopic (exact) mass is 461 g/mol. The van der Waals surface area contributed by atoms with E-state index in [0.717, 1.165) is 0 Å². The van der Waals surface area contributed by atoms with E-state index in [2.05, 4.69) is 15.4 Å². The molecule has 1 unspecified atom stereocenters. The van der Waals surface area contributed by atoms with Gasteiger partial charge in [-0.05, 0) is 36.2 Å². The summed E-state index contributed by atoms with van der Waals surface area (Å²) >= 11 is 0. The number of hydrogen-bond acceptors (Lipinski definition) is 6. The maximum atomic E-state index is 14.4. The first-order valence-electron chi connectivity index (χ1n) is 10.3. The summed E-state index contributed by atoms with van der Waals surface area (Å²) in [5, 5.41) is 7.25. The Bertz CT molecular complexity index is 1300. The van der Waals surface area contributed by atoms with Crippen molar-refractivity contribution in [3.63, 3.8) is 0 Å². The van der Waals surface area contributed by atoms with Gasteiger partial charge in [0.2, 0.25) is 0 Å². The molecule has 2 aliphatic rings. The molecule has 2 aliphatic heterocycles. The first-order chi connectivity index (χ1) is 15.3. The third-order valence-corrected chi connectivity index (χ3v) is 7.69. The normalized spacial score (nSPS) is 24.8. The molecule has 2 aromatic heterocycles. The molecule has 4 heterocycles. The van der Waals surface area contributed by atoms with Gasteiger partial charge in [0.1, 0.15) is 17.8 Å². The van der Waals surface area contributed by atoms with Crippen LogP contribution in [0.25, 0.3) is 5.65 Å². The number of nitrogens with one attached hydrogen (secondary N) is 1. The van der Waals surface area contributed by atoms with Crippen LogP contribution in [0.4, 0.5) is 14.6 Å². The molecule has 0 bridgehead atoms. The third kappa shape index (κ3) is 3.92. The highest BCUT2D eigenvalue weighted by Gasteiger charge is 2.35. The number of halogens is 2. The molecular weight excluding hydrogens is 440 g/mol. The number of sulfone groups is 1. The fourth-order valence-electron chi connectivity index (χ4n) is 4.41. The van der Waals surface area contributed by atoms with Crippen molar-refractivity contribution in [2.45, 2.75) is 31.1 Å². The summed E-state index contributed by atoms with van der Waals surface area (Å²) in [5.41, 5.74) is 1.23. The van der Waals surface area contributed by atoms with Gasteiger partial charge in [-0.25, -0.2) is 26.7 Å². The van der Waals surface area contributed by atoms with Crippen molar-refractivity contribution in [3.05, 3.63) is 59.7 Å². The Morgan fingerprint density at radius 3 is 2.81 bits per heavy atom. The molecule has 3 aromatic rings. The molecule has 3 atom stereocenters. The number of alkyl halides is 1. The summed E-state index contributed by atoms with van der Waals surface area (Å²) in [4.78, 5) is 18.7. The standard InChI is InChI=1S/C21H21F2N5O3S/c22-14-3-1-2-13(8-14)17-9-15(23)11-27(17)20-5-4-19-24-10-18(28(19)26-20)21(29)25-16-6-7-32(30,31)12-16/h1-5,8,10,15-17H,6-7,9,11-12H2,(H,25,29)/t15-,16?,17+/m0/s1. The van der Waals surface area contributed by atoms with Crippen LogP contribution in [0, 0.1) is 5.82 Å². The largest absolute Gasteiger partial charge is 0.347 e. The molecule has 2 fully saturated rings. The SMILES string of the molecule is O=C(NC1CCS(=O)(=O)C1)c1cnc2ccc(N3C[C@@H](F)C[C@@H]3c3cccc(F)c3)nn12. The van der Waals surface area contributed by atoms with E-state index < -0.39 is 39.8 Å². The zero-order valence-corrected chi connectivity index (χ0v) is 17.8. The van der Waals surface area contributed by atoms with Crippen molar-refractivity contribution >= 4 is 27.2 Å². The smallest absolute Gasteiger partial charge is 0.271 e. The number of benzene rings is 1. The lowest BCUT2D eigenvalue weighted by molar-refractivity contribution is 0.0934. The second kappa shape index (κ2) is 7.80. The van der Waals surface area contributed by atoms with Crippen LogP contribution < -0.4 is 10.2 Å². The molecule has 0 saturated carbocycles. The molecule has 0 aliphatic carbocycles. The van der Waals surface area contributed by atoms with E-state index in [-0.39, 0.29) is 30.2 Å². The molecule has 2 saturated heterocycles. The Balaban J connectivity index is 1.44. The van der Waals surface area contributed by atoms with Gasteiger partial charge in [0.05, 0.1) is 30.3 Å². The van der Waals surface area contributed by atoms with Crippen LogP contribution in [0.15, 0.2) is 42.6 Å². The van der Waals surface area contributed by atoms with Crippen molar-refractivity contribution in [2.75, 3.05) is 23.0 Å². The Morgan fingerprint density at radius 2 is 2.06 bits per heavy atom. The van der Waals surface area contributed by atoms with E-state index in [1.54, 1.807) is 29.2 Å². The maximum absolute atomic E-state index is 14.4. The van der Waals surface area contributed by atoms with Gasteiger partial charge in [-0.3, -0.25) is 4.79 Å². The van der Waals surface area contributed by atoms with Gasteiger partial charge in [0.15, 0.2) is 21.2 Å². The number of amides is 1. The number of aromatic nitrogens is 3. The van der Waals surface area contributed by atoms with E-state index in [1.165, 1.54) is 22.8 Å². The molecule has 1 amide bonds. The van der Waals surface area contributed by atoms with Crippen LogP contribution >= 0.6 is 0 Å². The Kier molecular flexibility index (Phi) is 5.07.